The summed E-state index contributed by atoms with van der Waals surface area (Å²) in [5, 5.41) is 0. The highest BCUT2D eigenvalue weighted by Gasteiger charge is 2.24. The van der Waals surface area contributed by atoms with Gasteiger partial charge in [-0.1, -0.05) is 25.1 Å². The van der Waals surface area contributed by atoms with Gasteiger partial charge in [-0.2, -0.15) is 0 Å². The van der Waals surface area contributed by atoms with Crippen LogP contribution in [0.5, 0.6) is 5.75 Å². The predicted octanol–water partition coefficient (Wildman–Crippen LogP) is 2.92. The third-order valence-corrected chi connectivity index (χ3v) is 6.44. The molecule has 0 saturated carbocycles. The van der Waals surface area contributed by atoms with Crippen molar-refractivity contribution in [3.05, 3.63) is 60.2 Å². The number of sulfonamides is 1. The molecule has 7 heteroatoms. The molecule has 6 nitrogen and oxygen atoms in total. The number of benzene rings is 2. The quantitative estimate of drug-likeness (QED) is 0.773. The van der Waals surface area contributed by atoms with Crippen molar-refractivity contribution in [3.63, 3.8) is 0 Å². The molecule has 0 unspecified atom stereocenters. The zero-order valence-electron chi connectivity index (χ0n) is 16.0. The highest BCUT2D eigenvalue weighted by Crippen LogP contribution is 2.21. The van der Waals surface area contributed by atoms with Crippen LogP contribution >= 0.6 is 0 Å². The van der Waals surface area contributed by atoms with Crippen molar-refractivity contribution in [1.82, 2.24) is 9.62 Å². The zero-order valence-corrected chi connectivity index (χ0v) is 16.8. The van der Waals surface area contributed by atoms with Crippen LogP contribution in [-0.4, -0.2) is 45.5 Å². The number of amides is 1. The number of hydrogen-bond donors (Lipinski definition) is 1. The molecule has 0 bridgehead atoms. The minimum atomic E-state index is -3.50. The van der Waals surface area contributed by atoms with Gasteiger partial charge in [-0.15, -0.1) is 0 Å². The van der Waals surface area contributed by atoms with Gasteiger partial charge in [0, 0.05) is 25.2 Å². The highest BCUT2D eigenvalue weighted by atomic mass is 32.2. The molecule has 1 amide bonds. The van der Waals surface area contributed by atoms with E-state index in [1.54, 1.807) is 19.1 Å². The molecule has 1 saturated heterocycles. The monoisotopic (exact) mass is 402 g/mol. The molecule has 0 atom stereocenters. The van der Waals surface area contributed by atoms with Gasteiger partial charge in [-0.3, -0.25) is 4.79 Å². The normalized spacial score (nSPS) is 15.4. The predicted molar refractivity (Wildman–Crippen MR) is 108 cm³/mol. The molecule has 1 aliphatic rings. The summed E-state index contributed by atoms with van der Waals surface area (Å²) < 4.78 is 32.3. The Morgan fingerprint density at radius 2 is 1.71 bits per heavy atom. The summed E-state index contributed by atoms with van der Waals surface area (Å²) >= 11 is 0. The fourth-order valence-corrected chi connectivity index (χ4v) is 4.31. The van der Waals surface area contributed by atoms with Gasteiger partial charge in [0.2, 0.25) is 10.0 Å². The Bertz CT molecular complexity index is 874. The van der Waals surface area contributed by atoms with Crippen LogP contribution in [0.15, 0.2) is 59.5 Å². The Morgan fingerprint density at radius 1 is 1.07 bits per heavy atom. The number of piperidine rings is 1. The van der Waals surface area contributed by atoms with Crippen molar-refractivity contribution >= 4 is 15.9 Å². The highest BCUT2D eigenvalue weighted by molar-refractivity contribution is 7.89. The third kappa shape index (κ3) is 5.11. The zero-order chi connectivity index (χ0) is 20.0. The van der Waals surface area contributed by atoms with Crippen molar-refractivity contribution in [1.29, 1.82) is 0 Å². The van der Waals surface area contributed by atoms with Gasteiger partial charge in [-0.25, -0.2) is 13.1 Å². The molecule has 150 valence electrons. The first-order valence-electron chi connectivity index (χ1n) is 9.56. The van der Waals surface area contributed by atoms with Crippen LogP contribution in [0.4, 0.5) is 0 Å². The summed E-state index contributed by atoms with van der Waals surface area (Å²) in [7, 11) is -3.50. The molecular weight excluding hydrogens is 376 g/mol. The van der Waals surface area contributed by atoms with Crippen LogP contribution in [0.25, 0.3) is 0 Å². The van der Waals surface area contributed by atoms with Crippen LogP contribution in [-0.2, 0) is 10.0 Å². The molecule has 0 aliphatic carbocycles. The maximum Gasteiger partial charge on any atom is 0.253 e. The summed E-state index contributed by atoms with van der Waals surface area (Å²) in [6.45, 7) is 4.07. The molecule has 1 N–H and O–H groups in total. The van der Waals surface area contributed by atoms with E-state index in [9.17, 15) is 13.2 Å². The molecule has 1 aliphatic heterocycles. The number of rotatable bonds is 7. The summed E-state index contributed by atoms with van der Waals surface area (Å²) in [6.07, 6.45) is 1.79. The number of hydrogen-bond acceptors (Lipinski definition) is 4. The Labute approximate surface area is 166 Å². The second kappa shape index (κ2) is 9.21. The summed E-state index contributed by atoms with van der Waals surface area (Å²) in [5.74, 6) is 1.24. The lowest BCUT2D eigenvalue weighted by Crippen LogP contribution is -2.39. The van der Waals surface area contributed by atoms with Gasteiger partial charge in [0.15, 0.2) is 0 Å². The summed E-state index contributed by atoms with van der Waals surface area (Å²) in [6, 6.07) is 15.9. The van der Waals surface area contributed by atoms with Gasteiger partial charge < -0.3 is 9.64 Å². The first-order valence-corrected chi connectivity index (χ1v) is 11.0. The fourth-order valence-electron chi connectivity index (χ4n) is 3.27. The van der Waals surface area contributed by atoms with Gasteiger partial charge in [-0.05, 0) is 55.2 Å². The lowest BCUT2D eigenvalue weighted by molar-refractivity contribution is 0.0661. The van der Waals surface area contributed by atoms with Gasteiger partial charge in [0.05, 0.1) is 11.5 Å². The van der Waals surface area contributed by atoms with Crippen molar-refractivity contribution in [2.45, 2.75) is 24.7 Å². The second-order valence-electron chi connectivity index (χ2n) is 6.89. The summed E-state index contributed by atoms with van der Waals surface area (Å²) in [4.78, 5) is 14.7. The van der Waals surface area contributed by atoms with E-state index in [-0.39, 0.29) is 10.8 Å². The van der Waals surface area contributed by atoms with E-state index in [2.05, 4.69) is 4.72 Å². The molecule has 28 heavy (non-hydrogen) atoms. The van der Waals surface area contributed by atoms with Gasteiger partial charge in [0.1, 0.15) is 5.75 Å². The van der Waals surface area contributed by atoms with E-state index in [0.717, 1.165) is 18.6 Å². The molecule has 2 aromatic rings. The third-order valence-electron chi connectivity index (χ3n) is 4.88. The largest absolute Gasteiger partial charge is 0.493 e. The standard InChI is InChI=1S/C21H26N2O4S/c1-2-22-28(25,26)20-10-8-18(9-11-20)21(24)23-14-12-17(13-15-23)16-27-19-6-4-3-5-7-19/h3-11,17,22H,2,12-16H2,1H3. The average molecular weight is 403 g/mol. The van der Waals surface area contributed by atoms with E-state index in [4.69, 9.17) is 4.74 Å². The fraction of sp³-hybridized carbons (Fsp3) is 0.381. The average Bonchev–Trinajstić information content (AvgIpc) is 2.73. The van der Waals surface area contributed by atoms with Crippen LogP contribution < -0.4 is 9.46 Å². The molecule has 3 rings (SSSR count). The van der Waals surface area contributed by atoms with Crippen molar-refractivity contribution in [2.75, 3.05) is 26.2 Å². The Hall–Kier alpha value is -2.38. The van der Waals surface area contributed by atoms with E-state index in [1.807, 2.05) is 35.2 Å². The SMILES string of the molecule is CCNS(=O)(=O)c1ccc(C(=O)N2CCC(COc3ccccc3)CC2)cc1. The van der Waals surface area contributed by atoms with Gasteiger partial charge >= 0.3 is 0 Å². The Morgan fingerprint density at radius 3 is 2.32 bits per heavy atom. The molecule has 1 heterocycles. The van der Waals surface area contributed by atoms with E-state index in [1.165, 1.54) is 12.1 Å². The topological polar surface area (TPSA) is 75.7 Å². The number of likely N-dealkylation sites (tertiary alicyclic amines) is 1. The van der Waals surface area contributed by atoms with Gasteiger partial charge in [0.25, 0.3) is 5.91 Å². The molecule has 0 aromatic heterocycles. The molecule has 0 radical (unpaired) electrons. The molecular formula is C21H26N2O4S. The van der Waals surface area contributed by atoms with Crippen molar-refractivity contribution in [3.8, 4) is 5.75 Å². The van der Waals surface area contributed by atoms with Crippen LogP contribution in [0.3, 0.4) is 0 Å². The molecule has 2 aromatic carbocycles. The van der Waals surface area contributed by atoms with Crippen LogP contribution in [0.2, 0.25) is 0 Å². The number of carbonyl (C=O) groups excluding carboxylic acids is 1. The Kier molecular flexibility index (Phi) is 6.70. The summed E-state index contributed by atoms with van der Waals surface area (Å²) in [5.41, 5.74) is 0.509. The van der Waals surface area contributed by atoms with Crippen molar-refractivity contribution < 1.29 is 17.9 Å². The maximum atomic E-state index is 12.7. The van der Waals surface area contributed by atoms with Crippen LogP contribution in [0, 0.1) is 5.92 Å². The lowest BCUT2D eigenvalue weighted by atomic mass is 9.97. The first kappa shape index (κ1) is 20.4. The number of para-hydroxylation sites is 1. The maximum absolute atomic E-state index is 12.7. The van der Waals surface area contributed by atoms with E-state index in [0.29, 0.717) is 37.7 Å². The Balaban J connectivity index is 1.52. The number of nitrogens with one attached hydrogen (secondary N) is 1. The molecule has 1 fully saturated rings. The van der Waals surface area contributed by atoms with Crippen LogP contribution in [0.1, 0.15) is 30.1 Å². The van der Waals surface area contributed by atoms with E-state index >= 15 is 0 Å². The number of carbonyl (C=O) groups is 1. The number of nitrogens with zero attached hydrogens (tertiary/aromatic N) is 1. The van der Waals surface area contributed by atoms with Crippen molar-refractivity contribution in [2.24, 2.45) is 5.92 Å². The first-order chi connectivity index (χ1) is 13.5. The van der Waals surface area contributed by atoms with E-state index < -0.39 is 10.0 Å². The smallest absolute Gasteiger partial charge is 0.253 e. The minimum Gasteiger partial charge on any atom is -0.493 e. The number of ether oxygens (including phenoxy) is 1. The lowest BCUT2D eigenvalue weighted by Gasteiger charge is -2.32. The minimum absolute atomic E-state index is 0.0603. The molecule has 0 spiro atoms. The second-order valence-corrected chi connectivity index (χ2v) is 8.65.